The van der Waals surface area contributed by atoms with Gasteiger partial charge in [-0.15, -0.1) is 8.19 Å². The highest BCUT2D eigenvalue weighted by Gasteiger charge is 1.98. The van der Waals surface area contributed by atoms with Crippen molar-refractivity contribution in [3.63, 3.8) is 0 Å². The van der Waals surface area contributed by atoms with Crippen LogP contribution in [0, 0.1) is 13.8 Å². The molecule has 0 aliphatic heterocycles. The van der Waals surface area contributed by atoms with Gasteiger partial charge in [-0.05, 0) is 36.1 Å². The second kappa shape index (κ2) is 2.55. The number of rotatable bonds is 1. The van der Waals surface area contributed by atoms with E-state index in [4.69, 9.17) is 5.11 Å². The molecule has 0 saturated heterocycles. The van der Waals surface area contributed by atoms with Gasteiger partial charge in [0.15, 0.2) is 0 Å². The van der Waals surface area contributed by atoms with Crippen molar-refractivity contribution in [2.24, 2.45) is 0 Å². The van der Waals surface area contributed by atoms with Gasteiger partial charge in [-0.25, -0.2) is 0 Å². The maximum absolute atomic E-state index is 8.77. The van der Waals surface area contributed by atoms with Crippen molar-refractivity contribution >= 4 is 8.19 Å². The van der Waals surface area contributed by atoms with E-state index < -0.39 is 0 Å². The van der Waals surface area contributed by atoms with E-state index in [2.05, 4.69) is 19.6 Å². The Morgan fingerprint density at radius 1 is 1.56 bits per heavy atom. The van der Waals surface area contributed by atoms with Gasteiger partial charge in [0.05, 0.1) is 6.61 Å². The number of hydrogen-bond acceptors (Lipinski definition) is 1. The first-order chi connectivity index (χ1) is 4.25. The van der Waals surface area contributed by atoms with E-state index in [0.717, 1.165) is 8.19 Å². The zero-order chi connectivity index (χ0) is 6.85. The molecule has 0 aromatic carbocycles. The minimum absolute atomic E-state index is 0.234. The summed E-state index contributed by atoms with van der Waals surface area (Å²) < 4.78 is 0. The Kier molecular flexibility index (Phi) is 1.94. The molecule has 50 valence electrons. The third kappa shape index (κ3) is 1.17. The van der Waals surface area contributed by atoms with Crippen LogP contribution >= 0.6 is 8.19 Å². The molecule has 1 aromatic heterocycles. The molecule has 1 heterocycles. The van der Waals surface area contributed by atoms with Crippen LogP contribution < -0.4 is 0 Å². The van der Waals surface area contributed by atoms with E-state index in [1.165, 1.54) is 16.4 Å². The molecule has 0 spiro atoms. The summed E-state index contributed by atoms with van der Waals surface area (Å²) in [6.07, 6.45) is 0. The van der Waals surface area contributed by atoms with Crippen LogP contribution in [0.3, 0.4) is 0 Å². The second-order valence-electron chi connectivity index (χ2n) is 2.23. The lowest BCUT2D eigenvalue weighted by molar-refractivity contribution is 0.285. The van der Waals surface area contributed by atoms with E-state index >= 15 is 0 Å². The summed E-state index contributed by atoms with van der Waals surface area (Å²) in [5, 5.41) is 9.97. The zero-order valence-electron chi connectivity index (χ0n) is 5.73. The van der Waals surface area contributed by atoms with Crippen molar-refractivity contribution in [2.45, 2.75) is 20.5 Å². The smallest absolute Gasteiger partial charge is 0.0718 e. The molecule has 2 heteroatoms. The summed E-state index contributed by atoms with van der Waals surface area (Å²) in [6, 6.07) is 0. The van der Waals surface area contributed by atoms with Crippen LogP contribution in [0.25, 0.3) is 0 Å². The van der Waals surface area contributed by atoms with Crippen LogP contribution in [0.1, 0.15) is 16.4 Å². The van der Waals surface area contributed by atoms with Crippen molar-refractivity contribution < 1.29 is 5.11 Å². The fourth-order valence-electron chi connectivity index (χ4n) is 0.814. The molecule has 1 N–H and O–H groups in total. The Morgan fingerprint density at radius 3 is 2.44 bits per heavy atom. The first kappa shape index (κ1) is 6.85. The summed E-state index contributed by atoms with van der Waals surface area (Å²) >= 11 is 0. The number of hydrogen-bond donors (Lipinski definition) is 1. The molecule has 0 saturated carbocycles. The Morgan fingerprint density at radius 2 is 2.22 bits per heavy atom. The Bertz CT molecular complexity index is 203. The van der Waals surface area contributed by atoms with Crippen LogP contribution in [0.5, 0.6) is 0 Å². The highest BCUT2D eigenvalue weighted by atomic mass is 31.0. The fraction of sp³-hybridized carbons (Fsp3) is 0.429. The molecule has 1 nitrogen and oxygen atoms in total. The molecule has 1 aromatic rings. The Hall–Kier alpha value is -0.260. The van der Waals surface area contributed by atoms with Gasteiger partial charge in [-0.1, -0.05) is 0 Å². The predicted molar refractivity (Wildman–Crippen MR) is 41.3 cm³/mol. The third-order valence-corrected chi connectivity index (χ3v) is 3.12. The quantitative estimate of drug-likeness (QED) is 0.634. The molecule has 9 heavy (non-hydrogen) atoms. The molecule has 1 atom stereocenters. The van der Waals surface area contributed by atoms with Gasteiger partial charge in [-0.3, -0.25) is 0 Å². The minimum atomic E-state index is 0.234. The van der Waals surface area contributed by atoms with Crippen LogP contribution in [-0.4, -0.2) is 5.11 Å². The van der Waals surface area contributed by atoms with E-state index in [1.807, 2.05) is 0 Å². The van der Waals surface area contributed by atoms with Gasteiger partial charge in [0.25, 0.3) is 0 Å². The highest BCUT2D eigenvalue weighted by molar-refractivity contribution is 7.30. The fourth-order valence-corrected chi connectivity index (χ4v) is 1.93. The molecule has 0 fully saturated rings. The number of aryl methyl sites for hydroxylation is 1. The van der Waals surface area contributed by atoms with Crippen LogP contribution in [0.4, 0.5) is 0 Å². The van der Waals surface area contributed by atoms with E-state index in [1.54, 1.807) is 0 Å². The summed E-state index contributed by atoms with van der Waals surface area (Å²) in [6.45, 7) is 4.39. The maximum Gasteiger partial charge on any atom is 0.0718 e. The van der Waals surface area contributed by atoms with Gasteiger partial charge in [0.1, 0.15) is 0 Å². The highest BCUT2D eigenvalue weighted by Crippen LogP contribution is 2.24. The standard InChI is InChI=1S/C7H11OP/c1-5-4-9-7(3-8)6(5)2/h4,8-9H,3H2,1-2H3. The average molecular weight is 142 g/mol. The van der Waals surface area contributed by atoms with Crippen molar-refractivity contribution in [1.82, 2.24) is 0 Å². The molecule has 0 aliphatic carbocycles. The molecule has 1 rings (SSSR count). The molecule has 0 bridgehead atoms. The third-order valence-electron chi connectivity index (χ3n) is 1.67. The second-order valence-corrected chi connectivity index (χ2v) is 3.41. The summed E-state index contributed by atoms with van der Waals surface area (Å²) in [4.78, 5) is 0. The number of aliphatic hydroxyl groups excluding tert-OH is 1. The van der Waals surface area contributed by atoms with E-state index in [0.29, 0.717) is 0 Å². The topological polar surface area (TPSA) is 20.2 Å². The first-order valence-electron chi connectivity index (χ1n) is 3.00. The normalized spacial score (nSPS) is 11.0. The van der Waals surface area contributed by atoms with Crippen LogP contribution in [-0.2, 0) is 6.61 Å². The SMILES string of the molecule is Cc1c[pH]c(CO)c1C. The molecular formula is C7H11OP. The monoisotopic (exact) mass is 142 g/mol. The first-order valence-corrected chi connectivity index (χ1v) is 4.07. The summed E-state index contributed by atoms with van der Waals surface area (Å²) in [5.41, 5.74) is 2.62. The van der Waals surface area contributed by atoms with Gasteiger partial charge in [0, 0.05) is 0 Å². The van der Waals surface area contributed by atoms with Crippen molar-refractivity contribution in [3.05, 3.63) is 22.2 Å². The molecule has 1 unspecified atom stereocenters. The molecule has 0 radical (unpaired) electrons. The minimum Gasteiger partial charge on any atom is -0.391 e. The summed E-state index contributed by atoms with van der Waals surface area (Å²) in [7, 11) is 0.728. The maximum atomic E-state index is 8.77. The van der Waals surface area contributed by atoms with Gasteiger partial charge in [-0.2, -0.15) is 0 Å². The molecular weight excluding hydrogens is 131 g/mol. The van der Waals surface area contributed by atoms with Crippen molar-refractivity contribution in [2.75, 3.05) is 0 Å². The molecule has 0 aliphatic rings. The van der Waals surface area contributed by atoms with Crippen LogP contribution in [0.15, 0.2) is 5.80 Å². The average Bonchev–Trinajstić information content (AvgIpc) is 2.15. The lowest BCUT2D eigenvalue weighted by Crippen LogP contribution is -1.79. The lowest BCUT2D eigenvalue weighted by atomic mass is 10.2. The van der Waals surface area contributed by atoms with Gasteiger partial charge < -0.3 is 5.11 Å². The van der Waals surface area contributed by atoms with E-state index in [9.17, 15) is 0 Å². The Labute approximate surface area is 56.8 Å². The van der Waals surface area contributed by atoms with Gasteiger partial charge in [0.2, 0.25) is 0 Å². The largest absolute Gasteiger partial charge is 0.391 e. The Balaban J connectivity index is 3.04. The zero-order valence-corrected chi connectivity index (χ0v) is 6.73. The lowest BCUT2D eigenvalue weighted by Gasteiger charge is -1.92. The van der Waals surface area contributed by atoms with Crippen molar-refractivity contribution in [3.8, 4) is 0 Å². The summed E-state index contributed by atoms with van der Waals surface area (Å²) in [5.74, 6) is 2.18. The molecule has 0 amide bonds. The van der Waals surface area contributed by atoms with Gasteiger partial charge >= 0.3 is 0 Å². The number of aliphatic hydroxyl groups is 1. The van der Waals surface area contributed by atoms with Crippen LogP contribution in [0.2, 0.25) is 0 Å². The van der Waals surface area contributed by atoms with E-state index in [-0.39, 0.29) is 6.61 Å². The predicted octanol–water partition coefficient (Wildman–Crippen LogP) is 1.83. The van der Waals surface area contributed by atoms with Crippen molar-refractivity contribution in [1.29, 1.82) is 0 Å².